The predicted octanol–water partition coefficient (Wildman–Crippen LogP) is 3.44. The molecule has 0 spiro atoms. The molecule has 1 saturated heterocycles. The van der Waals surface area contributed by atoms with Crippen molar-refractivity contribution in [1.29, 1.82) is 0 Å². The van der Waals surface area contributed by atoms with E-state index in [1.807, 2.05) is 6.07 Å². The third-order valence-electron chi connectivity index (χ3n) is 5.07. The van der Waals surface area contributed by atoms with Gasteiger partial charge in [0, 0.05) is 25.3 Å². The van der Waals surface area contributed by atoms with Gasteiger partial charge < -0.3 is 15.5 Å². The summed E-state index contributed by atoms with van der Waals surface area (Å²) in [6.07, 6.45) is 6.29. The third kappa shape index (κ3) is 5.76. The summed E-state index contributed by atoms with van der Waals surface area (Å²) in [5.41, 5.74) is 1.38. The van der Waals surface area contributed by atoms with Gasteiger partial charge >= 0.3 is 0 Å². The number of likely N-dealkylation sites (tertiary alicyclic amines) is 1. The average Bonchev–Trinajstić information content (AvgIpc) is 2.68. The van der Waals surface area contributed by atoms with Gasteiger partial charge in [-0.2, -0.15) is 0 Å². The molecule has 0 bridgehead atoms. The lowest BCUT2D eigenvalue weighted by Crippen LogP contribution is -2.39. The first kappa shape index (κ1) is 19.3. The molecule has 144 valence electrons. The number of nitrogens with zero attached hydrogens (tertiary/aromatic N) is 2. The van der Waals surface area contributed by atoms with Crippen molar-refractivity contribution in [3.63, 3.8) is 0 Å². The Morgan fingerprint density at radius 2 is 2.19 bits per heavy atom. The fourth-order valence-corrected chi connectivity index (χ4v) is 3.44. The van der Waals surface area contributed by atoms with Crippen molar-refractivity contribution in [2.45, 2.75) is 38.3 Å². The number of rotatable bonds is 7. The van der Waals surface area contributed by atoms with Crippen molar-refractivity contribution >= 4 is 11.7 Å². The van der Waals surface area contributed by atoms with Crippen molar-refractivity contribution in [1.82, 2.24) is 15.2 Å². The fourth-order valence-electron chi connectivity index (χ4n) is 3.44. The molecule has 2 aromatic rings. The zero-order valence-corrected chi connectivity index (χ0v) is 15.7. The summed E-state index contributed by atoms with van der Waals surface area (Å²) >= 11 is 0. The van der Waals surface area contributed by atoms with Crippen molar-refractivity contribution in [3.05, 3.63) is 59.5 Å². The van der Waals surface area contributed by atoms with E-state index in [0.29, 0.717) is 30.5 Å². The second-order valence-electron chi connectivity index (χ2n) is 7.09. The Morgan fingerprint density at radius 1 is 1.30 bits per heavy atom. The minimum Gasteiger partial charge on any atom is -0.366 e. The Labute approximate surface area is 160 Å². The van der Waals surface area contributed by atoms with Gasteiger partial charge in [0.1, 0.15) is 11.6 Å². The van der Waals surface area contributed by atoms with Crippen LogP contribution in [0.2, 0.25) is 0 Å². The Bertz CT molecular complexity index is 750. The Hall–Kier alpha value is -2.47. The first-order chi connectivity index (χ1) is 13.1. The average molecular weight is 370 g/mol. The van der Waals surface area contributed by atoms with Gasteiger partial charge in [0.25, 0.3) is 5.91 Å². The molecule has 1 aliphatic rings. The highest BCUT2D eigenvalue weighted by Crippen LogP contribution is 2.17. The van der Waals surface area contributed by atoms with Gasteiger partial charge in [-0.1, -0.05) is 18.6 Å². The normalized spacial score (nSPS) is 17.5. The van der Waals surface area contributed by atoms with Crippen molar-refractivity contribution in [3.8, 4) is 0 Å². The smallest absolute Gasteiger partial charge is 0.252 e. The molecule has 0 saturated carbocycles. The van der Waals surface area contributed by atoms with Gasteiger partial charge in [0.2, 0.25) is 0 Å². The summed E-state index contributed by atoms with van der Waals surface area (Å²) in [5, 5.41) is 6.11. The molecule has 6 heteroatoms. The topological polar surface area (TPSA) is 57.3 Å². The van der Waals surface area contributed by atoms with Crippen LogP contribution in [-0.2, 0) is 6.54 Å². The van der Waals surface area contributed by atoms with Crippen molar-refractivity contribution in [2.24, 2.45) is 0 Å². The SMILES string of the molecule is CN1CCCC[C@H]1CCNC(=O)c1ccc(NCc2cccc(F)c2)nc1. The summed E-state index contributed by atoms with van der Waals surface area (Å²) < 4.78 is 13.2. The number of anilines is 1. The van der Waals surface area contributed by atoms with Crippen LogP contribution in [0, 0.1) is 5.82 Å². The van der Waals surface area contributed by atoms with Crippen LogP contribution in [0.25, 0.3) is 0 Å². The predicted molar refractivity (Wildman–Crippen MR) is 105 cm³/mol. The zero-order valence-electron chi connectivity index (χ0n) is 15.7. The van der Waals surface area contributed by atoms with Gasteiger partial charge in [0.15, 0.2) is 0 Å². The number of nitrogens with one attached hydrogen (secondary N) is 2. The zero-order chi connectivity index (χ0) is 19.1. The molecular formula is C21H27FN4O. The number of halogens is 1. The molecule has 2 heterocycles. The minimum atomic E-state index is -0.256. The second kappa shape index (κ2) is 9.46. The fraction of sp³-hybridized carbons (Fsp3) is 0.429. The van der Waals surface area contributed by atoms with Gasteiger partial charge in [-0.15, -0.1) is 0 Å². The number of carbonyl (C=O) groups is 1. The molecule has 0 radical (unpaired) electrons. The monoisotopic (exact) mass is 370 g/mol. The molecule has 0 unspecified atom stereocenters. The van der Waals surface area contributed by atoms with E-state index in [-0.39, 0.29) is 11.7 Å². The number of benzene rings is 1. The molecule has 1 atom stereocenters. The number of amides is 1. The molecule has 1 aromatic heterocycles. The first-order valence-corrected chi connectivity index (χ1v) is 9.54. The van der Waals surface area contributed by atoms with E-state index in [1.165, 1.54) is 31.4 Å². The number of aromatic nitrogens is 1. The second-order valence-corrected chi connectivity index (χ2v) is 7.09. The van der Waals surface area contributed by atoms with Gasteiger partial charge in [-0.3, -0.25) is 4.79 Å². The molecule has 1 amide bonds. The number of carbonyl (C=O) groups excluding carboxylic acids is 1. The summed E-state index contributed by atoms with van der Waals surface area (Å²) in [4.78, 5) is 18.9. The Balaban J connectivity index is 1.44. The van der Waals surface area contributed by atoms with E-state index in [1.54, 1.807) is 24.4 Å². The molecule has 3 rings (SSSR count). The van der Waals surface area contributed by atoms with E-state index in [2.05, 4.69) is 27.6 Å². The maximum absolute atomic E-state index is 13.2. The maximum atomic E-state index is 13.2. The highest BCUT2D eigenvalue weighted by Gasteiger charge is 2.18. The van der Waals surface area contributed by atoms with Crippen LogP contribution in [0.4, 0.5) is 10.2 Å². The lowest BCUT2D eigenvalue weighted by Gasteiger charge is -2.32. The Kier molecular flexibility index (Phi) is 6.76. The number of hydrogen-bond donors (Lipinski definition) is 2. The molecule has 1 fully saturated rings. The molecule has 27 heavy (non-hydrogen) atoms. The first-order valence-electron chi connectivity index (χ1n) is 9.54. The quantitative estimate of drug-likeness (QED) is 0.784. The van der Waals surface area contributed by atoms with Crippen LogP contribution in [-0.4, -0.2) is 42.0 Å². The standard InChI is InChI=1S/C21H27FN4O/c1-26-12-3-2-7-19(26)10-11-23-21(27)17-8-9-20(25-15-17)24-14-16-5-4-6-18(22)13-16/h4-6,8-9,13,15,19H,2-3,7,10-12,14H2,1H3,(H,23,27)(H,24,25)/t19-/m0/s1. The molecule has 5 nitrogen and oxygen atoms in total. The van der Waals surface area contributed by atoms with E-state index < -0.39 is 0 Å². The van der Waals surface area contributed by atoms with Crippen LogP contribution < -0.4 is 10.6 Å². The maximum Gasteiger partial charge on any atom is 0.252 e. The molecular weight excluding hydrogens is 343 g/mol. The lowest BCUT2D eigenvalue weighted by molar-refractivity contribution is 0.0945. The van der Waals surface area contributed by atoms with E-state index >= 15 is 0 Å². The molecule has 1 aliphatic heterocycles. The van der Waals surface area contributed by atoms with Crippen LogP contribution in [0.1, 0.15) is 41.6 Å². The Morgan fingerprint density at radius 3 is 2.93 bits per heavy atom. The van der Waals surface area contributed by atoms with Crippen molar-refractivity contribution in [2.75, 3.05) is 25.5 Å². The van der Waals surface area contributed by atoms with E-state index in [0.717, 1.165) is 18.5 Å². The van der Waals surface area contributed by atoms with Crippen molar-refractivity contribution < 1.29 is 9.18 Å². The number of hydrogen-bond acceptors (Lipinski definition) is 4. The van der Waals surface area contributed by atoms with Crippen LogP contribution in [0.3, 0.4) is 0 Å². The summed E-state index contributed by atoms with van der Waals surface area (Å²) in [7, 11) is 2.16. The number of piperidine rings is 1. The molecule has 0 aliphatic carbocycles. The highest BCUT2D eigenvalue weighted by atomic mass is 19.1. The number of pyridine rings is 1. The minimum absolute atomic E-state index is 0.0994. The van der Waals surface area contributed by atoms with Crippen LogP contribution >= 0.6 is 0 Å². The van der Waals surface area contributed by atoms with Gasteiger partial charge in [0.05, 0.1) is 5.56 Å². The third-order valence-corrected chi connectivity index (χ3v) is 5.07. The van der Waals surface area contributed by atoms with E-state index in [9.17, 15) is 9.18 Å². The van der Waals surface area contributed by atoms with Crippen LogP contribution in [0.5, 0.6) is 0 Å². The highest BCUT2D eigenvalue weighted by molar-refractivity contribution is 5.94. The molecule has 1 aromatic carbocycles. The van der Waals surface area contributed by atoms with Crippen LogP contribution in [0.15, 0.2) is 42.6 Å². The largest absolute Gasteiger partial charge is 0.366 e. The van der Waals surface area contributed by atoms with Gasteiger partial charge in [-0.05, 0) is 62.7 Å². The molecule has 2 N–H and O–H groups in total. The van der Waals surface area contributed by atoms with E-state index in [4.69, 9.17) is 0 Å². The lowest BCUT2D eigenvalue weighted by atomic mass is 10.0. The van der Waals surface area contributed by atoms with Gasteiger partial charge in [-0.25, -0.2) is 9.37 Å². The summed E-state index contributed by atoms with van der Waals surface area (Å²) in [6.45, 7) is 2.30. The summed E-state index contributed by atoms with van der Waals surface area (Å²) in [6, 6.07) is 10.5. The summed E-state index contributed by atoms with van der Waals surface area (Å²) in [5.74, 6) is 0.297.